The van der Waals surface area contributed by atoms with Crippen LogP contribution >= 0.6 is 23.5 Å². The van der Waals surface area contributed by atoms with Gasteiger partial charge in [0.15, 0.2) is 0 Å². The van der Waals surface area contributed by atoms with Crippen LogP contribution in [0, 0.1) is 5.82 Å². The lowest BCUT2D eigenvalue weighted by atomic mass is 10.0. The Labute approximate surface area is 117 Å². The molecule has 1 aliphatic heterocycles. The maximum absolute atomic E-state index is 13.2. The molecule has 2 unspecified atom stereocenters. The highest BCUT2D eigenvalue weighted by molar-refractivity contribution is 8.06. The molecule has 2 atom stereocenters. The van der Waals surface area contributed by atoms with Gasteiger partial charge >= 0.3 is 0 Å². The van der Waals surface area contributed by atoms with E-state index in [1.54, 1.807) is 12.1 Å². The predicted octanol–water partition coefficient (Wildman–Crippen LogP) is 3.19. The highest BCUT2D eigenvalue weighted by Gasteiger charge is 2.24. The normalized spacial score (nSPS) is 21.8. The Morgan fingerprint density at radius 3 is 3.00 bits per heavy atom. The molecule has 0 aliphatic carbocycles. The van der Waals surface area contributed by atoms with E-state index in [-0.39, 0.29) is 5.82 Å². The van der Waals surface area contributed by atoms with E-state index in [0.717, 1.165) is 18.5 Å². The van der Waals surface area contributed by atoms with E-state index in [4.69, 9.17) is 0 Å². The Bertz CT molecular complexity index is 367. The molecule has 1 aromatic carbocycles. The van der Waals surface area contributed by atoms with E-state index < -0.39 is 0 Å². The van der Waals surface area contributed by atoms with Gasteiger partial charge in [0, 0.05) is 28.6 Å². The van der Waals surface area contributed by atoms with Gasteiger partial charge in [-0.15, -0.1) is 0 Å². The molecule has 0 bridgehead atoms. The van der Waals surface area contributed by atoms with E-state index in [1.807, 2.05) is 17.8 Å². The predicted molar refractivity (Wildman–Crippen MR) is 81.1 cm³/mol. The van der Waals surface area contributed by atoms with Crippen molar-refractivity contribution in [1.29, 1.82) is 0 Å². The van der Waals surface area contributed by atoms with Crippen molar-refractivity contribution in [3.8, 4) is 0 Å². The first-order valence-corrected chi connectivity index (χ1v) is 8.67. The molecule has 0 amide bonds. The van der Waals surface area contributed by atoms with Crippen molar-refractivity contribution in [3.05, 3.63) is 35.6 Å². The summed E-state index contributed by atoms with van der Waals surface area (Å²) in [5.74, 6) is 3.58. The van der Waals surface area contributed by atoms with Gasteiger partial charge in [0.1, 0.15) is 5.82 Å². The molecule has 1 aromatic rings. The zero-order chi connectivity index (χ0) is 12.8. The fourth-order valence-electron chi connectivity index (χ4n) is 2.25. The molecule has 100 valence electrons. The van der Waals surface area contributed by atoms with E-state index in [0.29, 0.717) is 11.3 Å². The molecule has 0 spiro atoms. The number of nitrogens with one attached hydrogen (secondary N) is 1. The van der Waals surface area contributed by atoms with Gasteiger partial charge in [-0.2, -0.15) is 23.5 Å². The van der Waals surface area contributed by atoms with Crippen LogP contribution < -0.4 is 5.32 Å². The molecule has 1 N–H and O–H groups in total. The molecule has 1 heterocycles. The number of likely N-dealkylation sites (N-methyl/N-ethyl adjacent to an activating group) is 1. The summed E-state index contributed by atoms with van der Waals surface area (Å²) < 4.78 is 13.2. The largest absolute Gasteiger partial charge is 0.313 e. The SMILES string of the molecule is CCNC(Cc1cccc(F)c1)C1CSCCS1. The third-order valence-electron chi connectivity index (χ3n) is 3.10. The van der Waals surface area contributed by atoms with E-state index in [9.17, 15) is 4.39 Å². The number of halogens is 1. The number of benzene rings is 1. The third-order valence-corrected chi connectivity index (χ3v) is 6.02. The molecule has 2 rings (SSSR count). The summed E-state index contributed by atoms with van der Waals surface area (Å²) in [4.78, 5) is 0. The Morgan fingerprint density at radius 2 is 2.33 bits per heavy atom. The van der Waals surface area contributed by atoms with Crippen molar-refractivity contribution in [2.75, 3.05) is 23.8 Å². The zero-order valence-corrected chi connectivity index (χ0v) is 12.3. The van der Waals surface area contributed by atoms with Crippen LogP contribution in [0.3, 0.4) is 0 Å². The summed E-state index contributed by atoms with van der Waals surface area (Å²) in [6.07, 6.45) is 0.920. The zero-order valence-electron chi connectivity index (χ0n) is 10.7. The van der Waals surface area contributed by atoms with Gasteiger partial charge in [0.2, 0.25) is 0 Å². The topological polar surface area (TPSA) is 12.0 Å². The molecule has 1 fully saturated rings. The number of thioether (sulfide) groups is 2. The van der Waals surface area contributed by atoms with Crippen LogP contribution in [0.4, 0.5) is 4.39 Å². The molecule has 0 aromatic heterocycles. The first-order valence-electron chi connectivity index (χ1n) is 6.46. The van der Waals surface area contributed by atoms with Crippen LogP contribution in [0.25, 0.3) is 0 Å². The van der Waals surface area contributed by atoms with Crippen LogP contribution in [-0.4, -0.2) is 35.1 Å². The van der Waals surface area contributed by atoms with Crippen LogP contribution in [0.5, 0.6) is 0 Å². The second-order valence-electron chi connectivity index (χ2n) is 4.48. The minimum Gasteiger partial charge on any atom is -0.313 e. The van der Waals surface area contributed by atoms with Crippen molar-refractivity contribution < 1.29 is 4.39 Å². The van der Waals surface area contributed by atoms with Crippen LogP contribution in [0.15, 0.2) is 24.3 Å². The molecule has 0 radical (unpaired) electrons. The Kier molecular flexibility index (Phi) is 5.86. The maximum atomic E-state index is 13.2. The molecule has 1 nitrogen and oxygen atoms in total. The first-order chi connectivity index (χ1) is 8.79. The number of hydrogen-bond acceptors (Lipinski definition) is 3. The van der Waals surface area contributed by atoms with E-state index in [2.05, 4.69) is 24.0 Å². The second kappa shape index (κ2) is 7.41. The molecular weight excluding hydrogens is 265 g/mol. The summed E-state index contributed by atoms with van der Waals surface area (Å²) in [6, 6.07) is 7.45. The van der Waals surface area contributed by atoms with Gasteiger partial charge in [-0.1, -0.05) is 19.1 Å². The first kappa shape index (κ1) is 14.2. The minimum absolute atomic E-state index is 0.131. The highest BCUT2D eigenvalue weighted by atomic mass is 32.2. The number of rotatable bonds is 5. The van der Waals surface area contributed by atoms with Gasteiger partial charge in [-0.3, -0.25) is 0 Å². The summed E-state index contributed by atoms with van der Waals surface area (Å²) in [6.45, 7) is 3.11. The molecule has 0 saturated carbocycles. The van der Waals surface area contributed by atoms with Gasteiger partial charge in [-0.25, -0.2) is 4.39 Å². The van der Waals surface area contributed by atoms with Crippen LogP contribution in [0.1, 0.15) is 12.5 Å². The standard InChI is InChI=1S/C14H20FNS2/c1-2-16-13(14-10-17-6-7-18-14)9-11-4-3-5-12(15)8-11/h3-5,8,13-14,16H,2,6-7,9-10H2,1H3. The molecule has 1 saturated heterocycles. The van der Waals surface area contributed by atoms with Gasteiger partial charge in [-0.05, 0) is 30.7 Å². The average Bonchev–Trinajstić information content (AvgIpc) is 2.39. The number of hydrogen-bond donors (Lipinski definition) is 1. The summed E-state index contributed by atoms with van der Waals surface area (Å²) in [7, 11) is 0. The van der Waals surface area contributed by atoms with Crippen molar-refractivity contribution in [3.63, 3.8) is 0 Å². The quantitative estimate of drug-likeness (QED) is 0.892. The fraction of sp³-hybridized carbons (Fsp3) is 0.571. The maximum Gasteiger partial charge on any atom is 0.123 e. The summed E-state index contributed by atoms with van der Waals surface area (Å²) in [5.41, 5.74) is 1.09. The monoisotopic (exact) mass is 285 g/mol. The van der Waals surface area contributed by atoms with Crippen LogP contribution in [0.2, 0.25) is 0 Å². The lowest BCUT2D eigenvalue weighted by Crippen LogP contribution is -2.42. The van der Waals surface area contributed by atoms with Crippen LogP contribution in [-0.2, 0) is 6.42 Å². The molecular formula is C14H20FNS2. The Hall–Kier alpha value is -0.190. The Morgan fingerprint density at radius 1 is 1.44 bits per heavy atom. The highest BCUT2D eigenvalue weighted by Crippen LogP contribution is 2.27. The van der Waals surface area contributed by atoms with E-state index in [1.165, 1.54) is 23.3 Å². The third kappa shape index (κ3) is 4.18. The second-order valence-corrected chi connectivity index (χ2v) is 6.98. The average molecular weight is 285 g/mol. The lowest BCUT2D eigenvalue weighted by molar-refractivity contribution is 0.520. The summed E-state index contributed by atoms with van der Waals surface area (Å²) >= 11 is 4.09. The van der Waals surface area contributed by atoms with Crippen molar-refractivity contribution in [2.45, 2.75) is 24.6 Å². The van der Waals surface area contributed by atoms with Gasteiger partial charge in [0.05, 0.1) is 0 Å². The molecule has 4 heteroatoms. The van der Waals surface area contributed by atoms with Crippen molar-refractivity contribution in [1.82, 2.24) is 5.32 Å². The minimum atomic E-state index is -0.131. The van der Waals surface area contributed by atoms with Crippen molar-refractivity contribution >= 4 is 23.5 Å². The van der Waals surface area contributed by atoms with Gasteiger partial charge < -0.3 is 5.32 Å². The lowest BCUT2D eigenvalue weighted by Gasteiger charge is -2.30. The summed E-state index contributed by atoms with van der Waals surface area (Å²) in [5, 5.41) is 4.21. The van der Waals surface area contributed by atoms with Gasteiger partial charge in [0.25, 0.3) is 0 Å². The Balaban J connectivity index is 2.00. The van der Waals surface area contributed by atoms with E-state index >= 15 is 0 Å². The van der Waals surface area contributed by atoms with Crippen molar-refractivity contribution in [2.24, 2.45) is 0 Å². The smallest absolute Gasteiger partial charge is 0.123 e. The molecule has 1 aliphatic rings. The molecule has 18 heavy (non-hydrogen) atoms. The fourth-order valence-corrected chi connectivity index (χ4v) is 5.14.